The Morgan fingerprint density at radius 1 is 1.71 bits per heavy atom. The minimum absolute atomic E-state index is 0.174. The number of H-pyrrole nitrogens is 1. The van der Waals surface area contributed by atoms with Gasteiger partial charge in [0.25, 0.3) is 0 Å². The van der Waals surface area contributed by atoms with Crippen molar-refractivity contribution in [2.75, 3.05) is 26.7 Å². The summed E-state index contributed by atoms with van der Waals surface area (Å²) < 4.78 is 4.94. The van der Waals surface area contributed by atoms with Crippen LogP contribution in [-0.2, 0) is 9.37 Å². The highest BCUT2D eigenvalue weighted by molar-refractivity contribution is 9.06. The summed E-state index contributed by atoms with van der Waals surface area (Å²) in [6.45, 7) is 4.16. The number of carbonyl (C=O) groups excluding carboxylic acids is 1. The normalized spacial score (nSPS) is 33.4. The van der Waals surface area contributed by atoms with Gasteiger partial charge >= 0.3 is 6.09 Å². The van der Waals surface area contributed by atoms with E-state index in [0.29, 0.717) is 13.1 Å². The lowest BCUT2D eigenvalue weighted by Gasteiger charge is -2.47. The van der Waals surface area contributed by atoms with Gasteiger partial charge in [0.05, 0.1) is 19.3 Å². The van der Waals surface area contributed by atoms with E-state index in [4.69, 9.17) is 3.83 Å². The summed E-state index contributed by atoms with van der Waals surface area (Å²) in [6.07, 6.45) is 1.39. The molecule has 2 unspecified atom stereocenters. The first-order chi connectivity index (χ1) is 8.04. The van der Waals surface area contributed by atoms with E-state index in [1.807, 2.05) is 20.0 Å². The van der Waals surface area contributed by atoms with Gasteiger partial charge in [0.15, 0.2) is 21.8 Å². The van der Waals surface area contributed by atoms with Crippen LogP contribution in [-0.4, -0.2) is 47.5 Å². The summed E-state index contributed by atoms with van der Waals surface area (Å²) in [5, 5.41) is 10.2. The number of nitrogens with zero attached hydrogens (tertiary/aromatic N) is 2. The standard InChI is InChI=1S/C10H16BrN4O2/c1-10(8-3-4-13-14-8)7-12-5-6-15(10,2)9(16)17-11/h3-4,12H,5-7H2,1-2H3,(H,13,14)/q+1. The van der Waals surface area contributed by atoms with Crippen LogP contribution in [0.2, 0.25) is 0 Å². The van der Waals surface area contributed by atoms with Crippen LogP contribution >= 0.6 is 16.3 Å². The van der Waals surface area contributed by atoms with E-state index in [1.165, 1.54) is 0 Å². The van der Waals surface area contributed by atoms with Crippen LogP contribution in [0, 0.1) is 0 Å². The lowest BCUT2D eigenvalue weighted by Crippen LogP contribution is -2.70. The fraction of sp³-hybridized carbons (Fsp3) is 0.600. The average Bonchev–Trinajstić information content (AvgIpc) is 2.86. The third-order valence-corrected chi connectivity index (χ3v) is 4.12. The second kappa shape index (κ2) is 4.40. The van der Waals surface area contributed by atoms with E-state index in [9.17, 15) is 4.79 Å². The molecule has 1 saturated heterocycles. The summed E-state index contributed by atoms with van der Waals surface area (Å²) in [4.78, 5) is 12.0. The maximum absolute atomic E-state index is 12.0. The zero-order chi connectivity index (χ0) is 12.5. The maximum Gasteiger partial charge on any atom is 0.528 e. The van der Waals surface area contributed by atoms with Crippen LogP contribution in [0.1, 0.15) is 12.6 Å². The summed E-state index contributed by atoms with van der Waals surface area (Å²) in [7, 11) is 1.88. The van der Waals surface area contributed by atoms with Crippen LogP contribution < -0.4 is 5.32 Å². The molecule has 94 valence electrons. The Morgan fingerprint density at radius 3 is 3.06 bits per heavy atom. The fourth-order valence-corrected chi connectivity index (χ4v) is 2.66. The minimum atomic E-state index is -0.417. The zero-order valence-electron chi connectivity index (χ0n) is 9.86. The SMILES string of the molecule is CC1(c2ccn[nH]2)CNCC[N+]1(C)C(=O)OBr. The second-order valence-electron chi connectivity index (χ2n) is 4.68. The summed E-state index contributed by atoms with van der Waals surface area (Å²) >= 11 is 2.79. The molecule has 0 aromatic carbocycles. The Morgan fingerprint density at radius 2 is 2.47 bits per heavy atom. The van der Waals surface area contributed by atoms with Crippen molar-refractivity contribution < 1.29 is 13.1 Å². The van der Waals surface area contributed by atoms with E-state index in [1.54, 1.807) is 6.20 Å². The van der Waals surface area contributed by atoms with Gasteiger partial charge in [-0.25, -0.2) is 4.48 Å². The Bertz CT molecular complexity index is 410. The van der Waals surface area contributed by atoms with Crippen LogP contribution in [0.25, 0.3) is 0 Å². The first-order valence-electron chi connectivity index (χ1n) is 5.44. The number of aromatic nitrogens is 2. The minimum Gasteiger partial charge on any atom is -0.338 e. The predicted octanol–water partition coefficient (Wildman–Crippen LogP) is 1.12. The van der Waals surface area contributed by atoms with Gasteiger partial charge in [-0.3, -0.25) is 5.10 Å². The van der Waals surface area contributed by atoms with Crippen LogP contribution in [0.3, 0.4) is 0 Å². The van der Waals surface area contributed by atoms with E-state index in [2.05, 4.69) is 31.8 Å². The van der Waals surface area contributed by atoms with Gasteiger partial charge < -0.3 is 9.15 Å². The first-order valence-corrected chi connectivity index (χ1v) is 6.09. The van der Waals surface area contributed by atoms with Gasteiger partial charge in [-0.1, -0.05) is 0 Å². The fourth-order valence-electron chi connectivity index (χ4n) is 2.34. The molecule has 1 aliphatic rings. The number of carbonyl (C=O) groups is 1. The zero-order valence-corrected chi connectivity index (χ0v) is 11.5. The third-order valence-electron chi connectivity index (χ3n) is 3.84. The van der Waals surface area contributed by atoms with Crippen molar-refractivity contribution in [3.63, 3.8) is 0 Å². The smallest absolute Gasteiger partial charge is 0.338 e. The number of aromatic amines is 1. The molecule has 0 radical (unpaired) electrons. The van der Waals surface area contributed by atoms with Crippen molar-refractivity contribution in [3.8, 4) is 0 Å². The first kappa shape index (κ1) is 12.5. The largest absolute Gasteiger partial charge is 0.528 e. The molecule has 1 fully saturated rings. The number of hydrogen-bond donors (Lipinski definition) is 2. The number of likely N-dealkylation sites (N-methyl/N-ethyl adjacent to an activating group) is 1. The van der Waals surface area contributed by atoms with Gasteiger partial charge in [-0.05, 0) is 13.0 Å². The van der Waals surface area contributed by atoms with E-state index in [-0.39, 0.29) is 10.6 Å². The molecule has 1 amide bonds. The lowest BCUT2D eigenvalue weighted by molar-refractivity contribution is -0.899. The van der Waals surface area contributed by atoms with E-state index in [0.717, 1.165) is 12.2 Å². The number of hydrogen-bond acceptors (Lipinski definition) is 4. The van der Waals surface area contributed by atoms with E-state index >= 15 is 0 Å². The van der Waals surface area contributed by atoms with Crippen LogP contribution in [0.15, 0.2) is 12.3 Å². The predicted molar refractivity (Wildman–Crippen MR) is 65.3 cm³/mol. The molecule has 2 N–H and O–H groups in total. The van der Waals surface area contributed by atoms with Crippen LogP contribution in [0.5, 0.6) is 0 Å². The molecule has 1 aromatic rings. The number of nitrogens with one attached hydrogen (secondary N) is 2. The number of halogens is 1. The Hall–Kier alpha value is -0.920. The van der Waals surface area contributed by atoms with Gasteiger partial charge in [-0.15, -0.1) is 0 Å². The number of piperazine rings is 1. The Labute approximate surface area is 108 Å². The number of quaternary nitrogens is 1. The molecular formula is C10H16BrN4O2+. The van der Waals surface area contributed by atoms with Crippen molar-refractivity contribution in [3.05, 3.63) is 18.0 Å². The molecule has 0 aliphatic carbocycles. The third kappa shape index (κ3) is 1.78. The second-order valence-corrected chi connectivity index (χ2v) is 5.00. The highest BCUT2D eigenvalue weighted by atomic mass is 79.9. The van der Waals surface area contributed by atoms with Gasteiger partial charge in [0, 0.05) is 12.7 Å². The summed E-state index contributed by atoms with van der Waals surface area (Å²) in [5.74, 6) is 0. The molecule has 1 aromatic heterocycles. The van der Waals surface area contributed by atoms with Crippen molar-refractivity contribution in [1.82, 2.24) is 15.5 Å². The van der Waals surface area contributed by atoms with Crippen molar-refractivity contribution in [2.24, 2.45) is 0 Å². The average molecular weight is 304 g/mol. The summed E-state index contributed by atoms with van der Waals surface area (Å²) in [6, 6.07) is 1.89. The number of amides is 1. The molecule has 0 saturated carbocycles. The molecule has 6 nitrogen and oxygen atoms in total. The molecule has 7 heteroatoms. The number of rotatable bonds is 1. The van der Waals surface area contributed by atoms with Gasteiger partial charge in [-0.2, -0.15) is 9.89 Å². The topological polar surface area (TPSA) is 67.0 Å². The van der Waals surface area contributed by atoms with Gasteiger partial charge in [0.2, 0.25) is 0 Å². The molecule has 2 heterocycles. The Kier molecular flexibility index (Phi) is 3.24. The van der Waals surface area contributed by atoms with Gasteiger partial charge in [0.1, 0.15) is 6.54 Å². The molecule has 0 spiro atoms. The molecule has 0 bridgehead atoms. The molecule has 1 aliphatic heterocycles. The molecule has 2 atom stereocenters. The Balaban J connectivity index is 2.45. The lowest BCUT2D eigenvalue weighted by atomic mass is 9.91. The highest BCUT2D eigenvalue weighted by Crippen LogP contribution is 2.35. The van der Waals surface area contributed by atoms with Crippen LogP contribution in [0.4, 0.5) is 4.79 Å². The van der Waals surface area contributed by atoms with E-state index < -0.39 is 5.54 Å². The molecule has 2 rings (SSSR count). The van der Waals surface area contributed by atoms with Crippen molar-refractivity contribution in [2.45, 2.75) is 12.5 Å². The quantitative estimate of drug-likeness (QED) is 0.763. The molecular weight excluding hydrogens is 288 g/mol. The van der Waals surface area contributed by atoms with Crippen molar-refractivity contribution in [1.29, 1.82) is 0 Å². The summed E-state index contributed by atoms with van der Waals surface area (Å²) in [5.41, 5.74) is 0.504. The maximum atomic E-state index is 12.0. The van der Waals surface area contributed by atoms with Crippen molar-refractivity contribution >= 4 is 22.4 Å². The monoisotopic (exact) mass is 303 g/mol. The highest BCUT2D eigenvalue weighted by Gasteiger charge is 2.55. The molecule has 17 heavy (non-hydrogen) atoms.